The number of aryl methyl sites for hydroxylation is 3. The Labute approximate surface area is 119 Å². The van der Waals surface area contributed by atoms with Crippen molar-refractivity contribution in [2.45, 2.75) is 27.2 Å². The molecule has 0 atom stereocenters. The van der Waals surface area contributed by atoms with E-state index in [0.717, 1.165) is 22.4 Å². The number of nitrogen functional groups attached to an aromatic ring is 1. The Balaban J connectivity index is 2.37. The van der Waals surface area contributed by atoms with Gasteiger partial charge >= 0.3 is 0 Å². The van der Waals surface area contributed by atoms with Crippen LogP contribution in [0.5, 0.6) is 0 Å². The standard InChI is InChI=1S/C14H15F2N5/c1-6-4-7(2)11(8(3)5-6)21-14-9(13(17)18-19-14)10(20-21)12(15)16/h4-5,12H,1-3H3,(H3,17,18,19). The van der Waals surface area contributed by atoms with Crippen LogP contribution in [0.4, 0.5) is 14.6 Å². The van der Waals surface area contributed by atoms with Crippen LogP contribution < -0.4 is 5.73 Å². The normalized spacial score (nSPS) is 11.7. The summed E-state index contributed by atoms with van der Waals surface area (Å²) in [7, 11) is 0. The minimum Gasteiger partial charge on any atom is -0.383 e. The number of anilines is 1. The summed E-state index contributed by atoms with van der Waals surface area (Å²) in [6.07, 6.45) is -2.71. The first-order valence-electron chi connectivity index (χ1n) is 6.49. The molecule has 3 aromatic rings. The third kappa shape index (κ3) is 1.96. The topological polar surface area (TPSA) is 72.5 Å². The van der Waals surface area contributed by atoms with E-state index in [2.05, 4.69) is 15.3 Å². The van der Waals surface area contributed by atoms with E-state index in [1.54, 1.807) is 0 Å². The first-order chi connectivity index (χ1) is 9.90. The molecule has 0 aliphatic rings. The Morgan fingerprint density at radius 1 is 1.19 bits per heavy atom. The first kappa shape index (κ1) is 13.5. The highest BCUT2D eigenvalue weighted by Gasteiger charge is 2.24. The number of halogens is 2. The van der Waals surface area contributed by atoms with Gasteiger partial charge in [-0.2, -0.15) is 10.2 Å². The minimum absolute atomic E-state index is 0.106. The van der Waals surface area contributed by atoms with Gasteiger partial charge in [-0.3, -0.25) is 5.10 Å². The van der Waals surface area contributed by atoms with Gasteiger partial charge in [0, 0.05) is 0 Å². The van der Waals surface area contributed by atoms with Crippen LogP contribution in [-0.4, -0.2) is 20.0 Å². The van der Waals surface area contributed by atoms with Gasteiger partial charge in [-0.15, -0.1) is 0 Å². The Hall–Kier alpha value is -2.44. The Kier molecular flexibility index (Phi) is 2.93. The molecule has 0 saturated carbocycles. The van der Waals surface area contributed by atoms with Gasteiger partial charge in [0.05, 0.1) is 11.1 Å². The number of alkyl halides is 2. The Bertz CT molecular complexity index is 808. The van der Waals surface area contributed by atoms with Crippen LogP contribution >= 0.6 is 0 Å². The second-order valence-electron chi connectivity index (χ2n) is 5.18. The molecule has 5 nitrogen and oxygen atoms in total. The molecule has 3 rings (SSSR count). The average Bonchev–Trinajstić information content (AvgIpc) is 2.91. The number of aromatic amines is 1. The molecule has 0 radical (unpaired) electrons. The summed E-state index contributed by atoms with van der Waals surface area (Å²) in [5.74, 6) is 0.106. The van der Waals surface area contributed by atoms with Gasteiger partial charge in [0.2, 0.25) is 0 Å². The molecular weight excluding hydrogens is 276 g/mol. The van der Waals surface area contributed by atoms with Crippen LogP contribution in [0.2, 0.25) is 0 Å². The van der Waals surface area contributed by atoms with Crippen molar-refractivity contribution in [3.8, 4) is 5.69 Å². The maximum absolute atomic E-state index is 13.2. The van der Waals surface area contributed by atoms with E-state index >= 15 is 0 Å². The molecule has 0 fully saturated rings. The highest BCUT2D eigenvalue weighted by Crippen LogP contribution is 2.32. The van der Waals surface area contributed by atoms with E-state index in [4.69, 9.17) is 5.73 Å². The molecule has 0 amide bonds. The van der Waals surface area contributed by atoms with Gasteiger partial charge in [0.15, 0.2) is 5.65 Å². The van der Waals surface area contributed by atoms with Gasteiger partial charge in [-0.25, -0.2) is 13.5 Å². The molecule has 7 heteroatoms. The zero-order valence-electron chi connectivity index (χ0n) is 11.9. The van der Waals surface area contributed by atoms with Gasteiger partial charge in [0.25, 0.3) is 6.43 Å². The lowest BCUT2D eigenvalue weighted by Crippen LogP contribution is -2.04. The lowest BCUT2D eigenvalue weighted by Gasteiger charge is -2.11. The molecule has 21 heavy (non-hydrogen) atoms. The van der Waals surface area contributed by atoms with Gasteiger partial charge in [-0.1, -0.05) is 17.7 Å². The second kappa shape index (κ2) is 4.54. The van der Waals surface area contributed by atoms with Crippen molar-refractivity contribution in [2.24, 2.45) is 0 Å². The zero-order valence-corrected chi connectivity index (χ0v) is 11.9. The maximum atomic E-state index is 13.2. The van der Waals surface area contributed by atoms with E-state index in [9.17, 15) is 8.78 Å². The molecule has 0 unspecified atom stereocenters. The van der Waals surface area contributed by atoms with E-state index in [1.807, 2.05) is 32.9 Å². The minimum atomic E-state index is -2.71. The molecule has 0 spiro atoms. The van der Waals surface area contributed by atoms with E-state index < -0.39 is 6.43 Å². The molecule has 1 aromatic carbocycles. The SMILES string of the molecule is Cc1cc(C)c(-n2nc(C(F)F)c3c(N)[nH]nc32)c(C)c1. The van der Waals surface area contributed by atoms with Crippen LogP contribution in [0.1, 0.15) is 28.8 Å². The highest BCUT2D eigenvalue weighted by molar-refractivity contribution is 5.90. The van der Waals surface area contributed by atoms with Crippen LogP contribution in [-0.2, 0) is 0 Å². The van der Waals surface area contributed by atoms with E-state index in [-0.39, 0.29) is 16.9 Å². The predicted octanol–water partition coefficient (Wildman–Crippen LogP) is 3.19. The third-order valence-electron chi connectivity index (χ3n) is 3.49. The quantitative estimate of drug-likeness (QED) is 0.761. The third-order valence-corrected chi connectivity index (χ3v) is 3.49. The van der Waals surface area contributed by atoms with Crippen LogP contribution in [0.3, 0.4) is 0 Å². The number of nitrogens with zero attached hydrogens (tertiary/aromatic N) is 3. The van der Waals surface area contributed by atoms with Crippen molar-refractivity contribution >= 4 is 16.9 Å². The summed E-state index contributed by atoms with van der Waals surface area (Å²) in [5, 5.41) is 10.8. The van der Waals surface area contributed by atoms with Crippen molar-refractivity contribution in [2.75, 3.05) is 5.73 Å². The van der Waals surface area contributed by atoms with Gasteiger partial charge in [0.1, 0.15) is 11.5 Å². The summed E-state index contributed by atoms with van der Waals surface area (Å²) in [6, 6.07) is 3.96. The van der Waals surface area contributed by atoms with Crippen LogP contribution in [0, 0.1) is 20.8 Å². The number of benzene rings is 1. The molecule has 0 bridgehead atoms. The largest absolute Gasteiger partial charge is 0.383 e. The Morgan fingerprint density at radius 3 is 2.38 bits per heavy atom. The summed E-state index contributed by atoms with van der Waals surface area (Å²) in [6.45, 7) is 5.82. The number of hydrogen-bond donors (Lipinski definition) is 2. The number of nitrogens with one attached hydrogen (secondary N) is 1. The summed E-state index contributed by atoms with van der Waals surface area (Å²) >= 11 is 0. The number of fused-ring (bicyclic) bond motifs is 1. The van der Waals surface area contributed by atoms with Crippen molar-refractivity contribution in [1.29, 1.82) is 0 Å². The molecular formula is C14H15F2N5. The smallest absolute Gasteiger partial charge is 0.282 e. The monoisotopic (exact) mass is 291 g/mol. The predicted molar refractivity (Wildman–Crippen MR) is 76.8 cm³/mol. The molecule has 2 aromatic heterocycles. The van der Waals surface area contributed by atoms with Crippen molar-refractivity contribution in [3.05, 3.63) is 34.5 Å². The second-order valence-corrected chi connectivity index (χ2v) is 5.18. The fourth-order valence-corrected chi connectivity index (χ4v) is 2.77. The van der Waals surface area contributed by atoms with E-state index in [1.165, 1.54) is 4.68 Å². The van der Waals surface area contributed by atoms with Gasteiger partial charge < -0.3 is 5.73 Å². The molecule has 110 valence electrons. The number of hydrogen-bond acceptors (Lipinski definition) is 3. The van der Waals surface area contributed by atoms with E-state index in [0.29, 0.717) is 5.65 Å². The number of nitrogens with two attached hydrogens (primary N) is 1. The molecule has 3 N–H and O–H groups in total. The number of aromatic nitrogens is 4. The van der Waals surface area contributed by atoms with Crippen molar-refractivity contribution in [1.82, 2.24) is 20.0 Å². The number of H-pyrrole nitrogens is 1. The first-order valence-corrected chi connectivity index (χ1v) is 6.49. The number of rotatable bonds is 2. The summed E-state index contributed by atoms with van der Waals surface area (Å²) in [5.41, 5.74) is 9.41. The summed E-state index contributed by atoms with van der Waals surface area (Å²) in [4.78, 5) is 0. The molecule has 2 heterocycles. The van der Waals surface area contributed by atoms with Gasteiger partial charge in [-0.05, 0) is 31.9 Å². The lowest BCUT2D eigenvalue weighted by atomic mass is 10.1. The molecule has 0 aliphatic carbocycles. The molecule has 0 saturated heterocycles. The average molecular weight is 291 g/mol. The summed E-state index contributed by atoms with van der Waals surface area (Å²) < 4.78 is 27.8. The fraction of sp³-hybridized carbons (Fsp3) is 0.286. The highest BCUT2D eigenvalue weighted by atomic mass is 19.3. The lowest BCUT2D eigenvalue weighted by molar-refractivity contribution is 0.147. The van der Waals surface area contributed by atoms with Crippen molar-refractivity contribution in [3.63, 3.8) is 0 Å². The maximum Gasteiger partial charge on any atom is 0.282 e. The van der Waals surface area contributed by atoms with Crippen LogP contribution in [0.25, 0.3) is 16.7 Å². The zero-order chi connectivity index (χ0) is 15.3. The molecule has 0 aliphatic heterocycles. The fourth-order valence-electron chi connectivity index (χ4n) is 2.77. The van der Waals surface area contributed by atoms with Crippen LogP contribution in [0.15, 0.2) is 12.1 Å². The Morgan fingerprint density at radius 2 is 1.81 bits per heavy atom. The van der Waals surface area contributed by atoms with Crippen molar-refractivity contribution < 1.29 is 8.78 Å².